The van der Waals surface area contributed by atoms with Crippen LogP contribution in [0.2, 0.25) is 0 Å². The van der Waals surface area contributed by atoms with Crippen LogP contribution in [0.4, 0.5) is 10.1 Å². The van der Waals surface area contributed by atoms with E-state index in [4.69, 9.17) is 14.5 Å². The highest BCUT2D eigenvalue weighted by Crippen LogP contribution is 2.70. The molecule has 0 unspecified atom stereocenters. The highest BCUT2D eigenvalue weighted by Gasteiger charge is 2.73. The minimum Gasteiger partial charge on any atom is -0.383 e. The molecule has 0 atom stereocenters. The van der Waals surface area contributed by atoms with Crippen LogP contribution in [-0.2, 0) is 15.8 Å². The van der Waals surface area contributed by atoms with Crippen molar-refractivity contribution < 1.29 is 18.8 Å². The van der Waals surface area contributed by atoms with Crippen molar-refractivity contribution in [3.8, 4) is 11.3 Å². The highest BCUT2D eigenvalue weighted by atomic mass is 32.1. The Kier molecular flexibility index (Phi) is 5.37. The van der Waals surface area contributed by atoms with Crippen LogP contribution in [0, 0.1) is 10.8 Å². The summed E-state index contributed by atoms with van der Waals surface area (Å²) in [5, 5.41) is 17.3. The second-order valence-electron chi connectivity index (χ2n) is 14.5. The zero-order valence-corrected chi connectivity index (χ0v) is 24.6. The molecule has 1 aromatic carbocycles. The molecule has 1 amide bonds. The molecule has 2 aromatic heterocycles. The number of aromatic nitrogens is 3. The molecule has 3 aromatic rings. The molecule has 7 saturated carbocycles. The maximum atomic E-state index is 14.6. The van der Waals surface area contributed by atoms with Gasteiger partial charge in [0.05, 0.1) is 11.1 Å². The minimum absolute atomic E-state index is 0.0262. The standard InChI is InChI=1S/C32H37FN4O3S/c1-28(2,39)26-34-23(15-41-26)21-4-3-5-22(14-21)37(27(38)31-16-32(33,17-31)18-31)19-29-8-11-30(12-9-29,13-10-29)25-35-24(36-40-25)20-6-7-20/h3-5,14-15,20,39H,6-13,16-19H2,1-2H3. The van der Waals surface area contributed by atoms with Crippen molar-refractivity contribution in [1.29, 1.82) is 0 Å². The zero-order chi connectivity index (χ0) is 28.3. The Morgan fingerprint density at radius 1 is 1.12 bits per heavy atom. The molecule has 216 valence electrons. The summed E-state index contributed by atoms with van der Waals surface area (Å²) in [5.74, 6) is 2.26. The number of hydrogen-bond donors (Lipinski definition) is 1. The summed E-state index contributed by atoms with van der Waals surface area (Å²) in [6, 6.07) is 8.03. The lowest BCUT2D eigenvalue weighted by Gasteiger charge is -2.65. The van der Waals surface area contributed by atoms with Crippen molar-refractivity contribution in [2.24, 2.45) is 10.8 Å². The van der Waals surface area contributed by atoms with Crippen molar-refractivity contribution in [3.05, 3.63) is 46.4 Å². The molecule has 2 heterocycles. The Bertz CT molecular complexity index is 1490. The molecule has 41 heavy (non-hydrogen) atoms. The van der Waals surface area contributed by atoms with Gasteiger partial charge in [0, 0.05) is 34.5 Å². The molecule has 7 nitrogen and oxygen atoms in total. The smallest absolute Gasteiger partial charge is 0.233 e. The van der Waals surface area contributed by atoms with Crippen LogP contribution in [0.15, 0.2) is 34.2 Å². The Hall–Kier alpha value is -2.65. The fourth-order valence-corrected chi connectivity index (χ4v) is 8.94. The lowest BCUT2D eigenvalue weighted by Crippen LogP contribution is -2.71. The zero-order valence-electron chi connectivity index (χ0n) is 23.8. The number of alkyl halides is 1. The molecule has 9 heteroatoms. The van der Waals surface area contributed by atoms with Gasteiger partial charge in [-0.15, -0.1) is 11.3 Å². The average molecular weight is 577 g/mol. The number of benzene rings is 1. The van der Waals surface area contributed by atoms with Crippen molar-refractivity contribution in [1.82, 2.24) is 15.1 Å². The van der Waals surface area contributed by atoms with E-state index in [0.717, 1.165) is 80.0 Å². The number of fused-ring (bicyclic) bond motifs is 3. The summed E-state index contributed by atoms with van der Waals surface area (Å²) in [5.41, 5.74) is -0.138. The first kappa shape index (κ1) is 26.0. The van der Waals surface area contributed by atoms with Gasteiger partial charge in [-0.1, -0.05) is 17.3 Å². The number of amides is 1. The van der Waals surface area contributed by atoms with Gasteiger partial charge in [-0.2, -0.15) is 4.98 Å². The van der Waals surface area contributed by atoms with Crippen LogP contribution in [0.3, 0.4) is 0 Å². The Morgan fingerprint density at radius 3 is 2.44 bits per heavy atom. The summed E-state index contributed by atoms with van der Waals surface area (Å²) < 4.78 is 20.4. The molecule has 7 aliphatic carbocycles. The van der Waals surface area contributed by atoms with Crippen LogP contribution in [0.5, 0.6) is 0 Å². The van der Waals surface area contributed by atoms with E-state index in [2.05, 4.69) is 5.16 Å². The molecule has 0 spiro atoms. The number of rotatable bonds is 8. The molecule has 7 aliphatic rings. The van der Waals surface area contributed by atoms with Gasteiger partial charge >= 0.3 is 0 Å². The monoisotopic (exact) mass is 576 g/mol. The summed E-state index contributed by atoms with van der Waals surface area (Å²) >= 11 is 1.44. The van der Waals surface area contributed by atoms with Gasteiger partial charge in [-0.25, -0.2) is 9.37 Å². The number of hydrogen-bond acceptors (Lipinski definition) is 7. The molecular formula is C32H37FN4O3S. The van der Waals surface area contributed by atoms with E-state index >= 15 is 0 Å². The summed E-state index contributed by atoms with van der Waals surface area (Å²) in [6.07, 6.45) is 9.42. The normalized spacial score (nSPS) is 33.8. The Balaban J connectivity index is 1.07. The largest absolute Gasteiger partial charge is 0.383 e. The fraction of sp³-hybridized carbons (Fsp3) is 0.625. The first-order valence-electron chi connectivity index (χ1n) is 15.1. The third-order valence-electron chi connectivity index (χ3n) is 10.9. The molecule has 0 radical (unpaired) electrons. The van der Waals surface area contributed by atoms with Gasteiger partial charge in [0.15, 0.2) is 5.82 Å². The Labute approximate surface area is 243 Å². The number of anilines is 1. The van der Waals surface area contributed by atoms with Gasteiger partial charge in [0.2, 0.25) is 11.8 Å². The molecule has 0 aliphatic heterocycles. The van der Waals surface area contributed by atoms with Gasteiger partial charge in [0.25, 0.3) is 0 Å². The second-order valence-corrected chi connectivity index (χ2v) is 15.4. The average Bonchev–Trinajstić information content (AvgIpc) is 3.43. The third kappa shape index (κ3) is 4.13. The van der Waals surface area contributed by atoms with E-state index in [1.165, 1.54) is 11.3 Å². The van der Waals surface area contributed by atoms with Crippen LogP contribution < -0.4 is 4.90 Å². The van der Waals surface area contributed by atoms with E-state index in [0.29, 0.717) is 36.7 Å². The van der Waals surface area contributed by atoms with Crippen LogP contribution >= 0.6 is 11.3 Å². The number of carbonyl (C=O) groups excluding carboxylic acids is 1. The summed E-state index contributed by atoms with van der Waals surface area (Å²) in [6.45, 7) is 4.12. The van der Waals surface area contributed by atoms with E-state index in [9.17, 15) is 14.3 Å². The van der Waals surface area contributed by atoms with Crippen molar-refractivity contribution in [2.45, 2.75) is 107 Å². The second kappa shape index (κ2) is 8.47. The molecular weight excluding hydrogens is 539 g/mol. The van der Waals surface area contributed by atoms with E-state index < -0.39 is 16.7 Å². The van der Waals surface area contributed by atoms with E-state index in [1.54, 1.807) is 13.8 Å². The van der Waals surface area contributed by atoms with Crippen molar-refractivity contribution in [3.63, 3.8) is 0 Å². The quantitative estimate of drug-likeness (QED) is 0.317. The topological polar surface area (TPSA) is 92.3 Å². The molecule has 7 fully saturated rings. The number of carbonyl (C=O) groups is 1. The van der Waals surface area contributed by atoms with Gasteiger partial charge < -0.3 is 14.5 Å². The predicted octanol–water partition coefficient (Wildman–Crippen LogP) is 6.82. The molecule has 10 rings (SSSR count). The van der Waals surface area contributed by atoms with Crippen LogP contribution in [0.25, 0.3) is 11.3 Å². The first-order chi connectivity index (χ1) is 19.5. The first-order valence-corrected chi connectivity index (χ1v) is 16.0. The lowest BCUT2D eigenvalue weighted by molar-refractivity contribution is -0.211. The SMILES string of the molecule is CC(C)(O)c1nc(-c2cccc(N(CC34CCC(c5nc(C6CC6)no5)(CC3)CC4)C(=O)C34CC(F)(C3)C4)c2)cs1. The minimum atomic E-state index is -1.13. The maximum absolute atomic E-state index is 14.6. The fourth-order valence-electron chi connectivity index (χ4n) is 8.09. The predicted molar refractivity (Wildman–Crippen MR) is 153 cm³/mol. The van der Waals surface area contributed by atoms with Crippen molar-refractivity contribution in [2.75, 3.05) is 11.4 Å². The number of aliphatic hydroxyl groups is 1. The van der Waals surface area contributed by atoms with Crippen molar-refractivity contribution >= 4 is 22.9 Å². The molecule has 4 bridgehead atoms. The highest BCUT2D eigenvalue weighted by molar-refractivity contribution is 7.10. The number of halogens is 1. The molecule has 1 N–H and O–H groups in total. The number of thiazole rings is 1. The summed E-state index contributed by atoms with van der Waals surface area (Å²) in [7, 11) is 0. The third-order valence-corrected chi connectivity index (χ3v) is 12.0. The Morgan fingerprint density at radius 2 is 1.83 bits per heavy atom. The van der Waals surface area contributed by atoms with Crippen LogP contribution in [0.1, 0.15) is 107 Å². The summed E-state index contributed by atoms with van der Waals surface area (Å²) in [4.78, 5) is 25.7. The van der Waals surface area contributed by atoms with E-state index in [-0.39, 0.29) is 16.7 Å². The van der Waals surface area contributed by atoms with Gasteiger partial charge in [-0.3, -0.25) is 4.79 Å². The number of nitrogens with zero attached hydrogens (tertiary/aromatic N) is 4. The lowest BCUT2D eigenvalue weighted by atomic mass is 9.41. The van der Waals surface area contributed by atoms with Gasteiger partial charge in [-0.05, 0) is 102 Å². The van der Waals surface area contributed by atoms with E-state index in [1.807, 2.05) is 34.5 Å². The maximum Gasteiger partial charge on any atom is 0.233 e. The van der Waals surface area contributed by atoms with Gasteiger partial charge in [0.1, 0.15) is 16.3 Å². The molecule has 0 saturated heterocycles. The van der Waals surface area contributed by atoms with Crippen LogP contribution in [-0.4, -0.2) is 38.4 Å².